The normalized spacial score (nSPS) is 19.6. The third kappa shape index (κ3) is 2.92. The van der Waals surface area contributed by atoms with Crippen LogP contribution in [0.1, 0.15) is 41.4 Å². The molecule has 1 fully saturated rings. The van der Waals surface area contributed by atoms with Crippen LogP contribution in [0.2, 0.25) is 0 Å². The molecule has 4 heterocycles. The average molecular weight is 378 g/mol. The summed E-state index contributed by atoms with van der Waals surface area (Å²) in [6.07, 6.45) is 4.90. The van der Waals surface area contributed by atoms with Gasteiger partial charge in [-0.05, 0) is 49.9 Å². The summed E-state index contributed by atoms with van der Waals surface area (Å²) >= 11 is 0. The molecule has 1 N–H and O–H groups in total. The largest absolute Gasteiger partial charge is 0.491 e. The number of aromatic nitrogens is 3. The van der Waals surface area contributed by atoms with Crippen LogP contribution in [0.15, 0.2) is 30.5 Å². The minimum Gasteiger partial charge on any atom is -0.491 e. The molecule has 0 radical (unpaired) electrons. The highest BCUT2D eigenvalue weighted by Crippen LogP contribution is 2.34. The second-order valence-electron chi connectivity index (χ2n) is 7.31. The SMILES string of the molecule is Cc1cnc2c(c1)c(-c1ccc3c(c1)OCCNC3=O)nn2C1CCCCO1. The lowest BCUT2D eigenvalue weighted by molar-refractivity contribution is -0.0368. The third-order valence-corrected chi connectivity index (χ3v) is 5.26. The number of nitrogens with zero attached hydrogens (tertiary/aromatic N) is 3. The zero-order valence-electron chi connectivity index (χ0n) is 15.8. The number of amides is 1. The van der Waals surface area contributed by atoms with Gasteiger partial charge in [0, 0.05) is 23.8 Å². The fraction of sp³-hybridized carbons (Fsp3) is 0.381. The van der Waals surface area contributed by atoms with Crippen LogP contribution in [-0.2, 0) is 4.74 Å². The molecule has 7 heteroatoms. The molecule has 2 aliphatic heterocycles. The summed E-state index contributed by atoms with van der Waals surface area (Å²) in [6, 6.07) is 7.72. The van der Waals surface area contributed by atoms with Crippen LogP contribution in [-0.4, -0.2) is 40.4 Å². The van der Waals surface area contributed by atoms with Gasteiger partial charge in [-0.1, -0.05) is 6.07 Å². The van der Waals surface area contributed by atoms with Gasteiger partial charge in [-0.2, -0.15) is 5.10 Å². The summed E-state index contributed by atoms with van der Waals surface area (Å²) in [5.74, 6) is 0.479. The Labute approximate surface area is 162 Å². The van der Waals surface area contributed by atoms with Crippen LogP contribution < -0.4 is 10.1 Å². The summed E-state index contributed by atoms with van der Waals surface area (Å²) in [7, 11) is 0. The van der Waals surface area contributed by atoms with Crippen molar-refractivity contribution in [2.75, 3.05) is 19.8 Å². The maximum absolute atomic E-state index is 12.2. The summed E-state index contributed by atoms with van der Waals surface area (Å²) in [6.45, 7) is 3.72. The Bertz CT molecular complexity index is 1050. The van der Waals surface area contributed by atoms with Gasteiger partial charge >= 0.3 is 0 Å². The van der Waals surface area contributed by atoms with Crippen LogP contribution in [0.5, 0.6) is 5.75 Å². The average Bonchev–Trinajstić information content (AvgIpc) is 2.99. The number of rotatable bonds is 2. The van der Waals surface area contributed by atoms with Gasteiger partial charge in [0.05, 0.1) is 12.1 Å². The predicted octanol–water partition coefficient (Wildman–Crippen LogP) is 3.23. The van der Waals surface area contributed by atoms with Crippen molar-refractivity contribution in [1.29, 1.82) is 0 Å². The zero-order valence-corrected chi connectivity index (χ0v) is 15.8. The molecule has 3 aromatic rings. The van der Waals surface area contributed by atoms with Crippen LogP contribution in [0.4, 0.5) is 0 Å². The monoisotopic (exact) mass is 378 g/mol. The Balaban J connectivity index is 1.65. The molecule has 1 aromatic carbocycles. The van der Waals surface area contributed by atoms with E-state index in [1.54, 1.807) is 6.07 Å². The summed E-state index contributed by atoms with van der Waals surface area (Å²) < 4.78 is 13.6. The summed E-state index contributed by atoms with van der Waals surface area (Å²) in [5.41, 5.74) is 4.18. The van der Waals surface area contributed by atoms with E-state index in [1.807, 2.05) is 29.9 Å². The Morgan fingerprint density at radius 1 is 1.21 bits per heavy atom. The molecule has 1 unspecified atom stereocenters. The molecule has 5 rings (SSSR count). The molecule has 7 nitrogen and oxygen atoms in total. The fourth-order valence-electron chi connectivity index (χ4n) is 3.86. The lowest BCUT2D eigenvalue weighted by Gasteiger charge is -2.23. The number of aryl methyl sites for hydroxylation is 1. The molecule has 2 aromatic heterocycles. The van der Waals surface area contributed by atoms with Crippen LogP contribution in [0.25, 0.3) is 22.3 Å². The van der Waals surface area contributed by atoms with Crippen molar-refractivity contribution in [3.05, 3.63) is 41.6 Å². The molecule has 1 atom stereocenters. The molecular weight excluding hydrogens is 356 g/mol. The highest BCUT2D eigenvalue weighted by molar-refractivity contribution is 5.99. The number of pyridine rings is 1. The second kappa shape index (κ2) is 6.91. The van der Waals surface area contributed by atoms with Crippen molar-refractivity contribution < 1.29 is 14.3 Å². The minimum atomic E-state index is -0.109. The molecule has 1 saturated heterocycles. The summed E-state index contributed by atoms with van der Waals surface area (Å²) in [5, 5.41) is 8.70. The Kier molecular flexibility index (Phi) is 4.24. The first-order chi connectivity index (χ1) is 13.7. The maximum Gasteiger partial charge on any atom is 0.255 e. The van der Waals surface area contributed by atoms with Crippen molar-refractivity contribution in [2.24, 2.45) is 0 Å². The molecular formula is C21H22N4O3. The lowest BCUT2D eigenvalue weighted by atomic mass is 10.0. The Hall–Kier alpha value is -2.93. The molecule has 0 aliphatic carbocycles. The van der Waals surface area contributed by atoms with Crippen molar-refractivity contribution in [2.45, 2.75) is 32.4 Å². The van der Waals surface area contributed by atoms with Gasteiger partial charge < -0.3 is 14.8 Å². The molecule has 2 aliphatic rings. The molecule has 144 valence electrons. The maximum atomic E-state index is 12.2. The molecule has 28 heavy (non-hydrogen) atoms. The Morgan fingerprint density at radius 3 is 3.00 bits per heavy atom. The number of fused-ring (bicyclic) bond motifs is 2. The number of carbonyl (C=O) groups is 1. The van der Waals surface area contributed by atoms with Crippen molar-refractivity contribution >= 4 is 16.9 Å². The molecule has 0 bridgehead atoms. The van der Waals surface area contributed by atoms with E-state index in [2.05, 4.69) is 16.4 Å². The van der Waals surface area contributed by atoms with Gasteiger partial charge in [0.1, 0.15) is 18.1 Å². The number of ether oxygens (including phenoxy) is 2. The Morgan fingerprint density at radius 2 is 2.14 bits per heavy atom. The van der Waals surface area contributed by atoms with Gasteiger partial charge in [-0.3, -0.25) is 4.79 Å². The van der Waals surface area contributed by atoms with Crippen LogP contribution in [0.3, 0.4) is 0 Å². The van der Waals surface area contributed by atoms with E-state index >= 15 is 0 Å². The first-order valence-electron chi connectivity index (χ1n) is 9.72. The van der Waals surface area contributed by atoms with E-state index in [4.69, 9.17) is 14.6 Å². The first kappa shape index (κ1) is 17.2. The quantitative estimate of drug-likeness (QED) is 0.741. The van der Waals surface area contributed by atoms with E-state index < -0.39 is 0 Å². The van der Waals surface area contributed by atoms with Crippen LogP contribution >= 0.6 is 0 Å². The number of nitrogens with one attached hydrogen (secondary N) is 1. The van der Waals surface area contributed by atoms with Gasteiger partial charge in [0.2, 0.25) is 0 Å². The highest BCUT2D eigenvalue weighted by atomic mass is 16.5. The minimum absolute atomic E-state index is 0.0944. The molecule has 0 spiro atoms. The third-order valence-electron chi connectivity index (χ3n) is 5.26. The van der Waals surface area contributed by atoms with E-state index in [9.17, 15) is 4.79 Å². The zero-order chi connectivity index (χ0) is 19.1. The van der Waals surface area contributed by atoms with Crippen molar-refractivity contribution in [3.63, 3.8) is 0 Å². The molecule has 0 saturated carbocycles. The van der Waals surface area contributed by atoms with Gasteiger partial charge in [-0.15, -0.1) is 0 Å². The number of hydrogen-bond acceptors (Lipinski definition) is 5. The highest BCUT2D eigenvalue weighted by Gasteiger charge is 2.24. The number of carbonyl (C=O) groups excluding carboxylic acids is 1. The van der Waals surface area contributed by atoms with Crippen LogP contribution in [0, 0.1) is 6.92 Å². The van der Waals surface area contributed by atoms with E-state index in [0.29, 0.717) is 24.5 Å². The topological polar surface area (TPSA) is 78.3 Å². The lowest BCUT2D eigenvalue weighted by Crippen LogP contribution is -2.24. The second-order valence-corrected chi connectivity index (χ2v) is 7.31. The van der Waals surface area contributed by atoms with Gasteiger partial charge in [-0.25, -0.2) is 9.67 Å². The van der Waals surface area contributed by atoms with Gasteiger partial charge in [0.15, 0.2) is 11.9 Å². The van der Waals surface area contributed by atoms with Gasteiger partial charge in [0.25, 0.3) is 5.91 Å². The van der Waals surface area contributed by atoms with E-state index in [1.165, 1.54) is 0 Å². The summed E-state index contributed by atoms with van der Waals surface area (Å²) in [4.78, 5) is 16.8. The van der Waals surface area contributed by atoms with Crippen molar-refractivity contribution in [1.82, 2.24) is 20.1 Å². The number of hydrogen-bond donors (Lipinski definition) is 1. The number of benzene rings is 1. The first-order valence-corrected chi connectivity index (χ1v) is 9.72. The van der Waals surface area contributed by atoms with E-state index in [-0.39, 0.29) is 12.1 Å². The molecule has 1 amide bonds. The fourth-order valence-corrected chi connectivity index (χ4v) is 3.86. The van der Waals surface area contributed by atoms with E-state index in [0.717, 1.165) is 53.7 Å². The van der Waals surface area contributed by atoms with Crippen molar-refractivity contribution in [3.8, 4) is 17.0 Å². The standard InChI is InChI=1S/C21H22N4O3/c1-13-10-16-19(14-5-6-15-17(11-14)27-9-7-22-21(15)26)24-25(20(16)23-12-13)18-4-2-3-8-28-18/h5-6,10-12,18H,2-4,7-9H2,1H3,(H,22,26). The smallest absolute Gasteiger partial charge is 0.255 e. The predicted molar refractivity (Wildman–Crippen MR) is 104 cm³/mol.